The van der Waals surface area contributed by atoms with Crippen molar-refractivity contribution >= 4 is 0 Å². The van der Waals surface area contributed by atoms with E-state index in [9.17, 15) is 14.0 Å². The first-order valence-electron chi connectivity index (χ1n) is 6.43. The summed E-state index contributed by atoms with van der Waals surface area (Å²) in [6.07, 6.45) is 1.69. The van der Waals surface area contributed by atoms with Crippen LogP contribution in [0.4, 0.5) is 8.78 Å². The first kappa shape index (κ1) is 13.8. The Morgan fingerprint density at radius 1 is 1.26 bits per heavy atom. The second-order valence-electron chi connectivity index (χ2n) is 5.51. The highest BCUT2D eigenvalue weighted by atomic mass is 19.3. The van der Waals surface area contributed by atoms with E-state index >= 15 is 0 Å². The van der Waals surface area contributed by atoms with Crippen LogP contribution >= 0.6 is 0 Å². The average molecular weight is 265 g/mol. The first-order chi connectivity index (χ1) is 8.97. The maximum absolute atomic E-state index is 12.1. The molecular formula is C15H17F2NO. The van der Waals surface area contributed by atoms with Gasteiger partial charge in [-0.15, -0.1) is 0 Å². The summed E-state index contributed by atoms with van der Waals surface area (Å²) in [5.74, 6) is 1.27. The molecule has 0 saturated heterocycles. The summed E-state index contributed by atoms with van der Waals surface area (Å²) in [5, 5.41) is 9.40. The quantitative estimate of drug-likeness (QED) is 0.820. The van der Waals surface area contributed by atoms with Gasteiger partial charge in [-0.3, -0.25) is 0 Å². The third-order valence-electron chi connectivity index (χ3n) is 4.01. The molecule has 0 radical (unpaired) electrons. The van der Waals surface area contributed by atoms with Gasteiger partial charge >= 0.3 is 6.61 Å². The van der Waals surface area contributed by atoms with Crippen LogP contribution in [-0.4, -0.2) is 6.61 Å². The molecule has 0 unspecified atom stereocenters. The van der Waals surface area contributed by atoms with Gasteiger partial charge in [0.1, 0.15) is 5.75 Å². The number of hydrogen-bond acceptors (Lipinski definition) is 2. The summed E-state index contributed by atoms with van der Waals surface area (Å²) < 4.78 is 28.4. The lowest BCUT2D eigenvalue weighted by atomic mass is 9.56. The van der Waals surface area contributed by atoms with Crippen LogP contribution in [0.15, 0.2) is 24.3 Å². The highest BCUT2D eigenvalue weighted by Crippen LogP contribution is 2.50. The molecule has 2 nitrogen and oxygen atoms in total. The standard InChI is InChI=1S/C15H17F2NO/c1-10(2)11-7-15(8-11,9-18)12-3-5-13(6-4-12)19-14(16)17/h3-6,10-11,14H,7-8H2,1-2H3. The molecule has 1 fully saturated rings. The number of ether oxygens (including phenoxy) is 1. The monoisotopic (exact) mass is 265 g/mol. The first-order valence-corrected chi connectivity index (χ1v) is 6.43. The molecule has 1 aliphatic carbocycles. The molecule has 0 spiro atoms. The van der Waals surface area contributed by atoms with E-state index in [4.69, 9.17) is 0 Å². The van der Waals surface area contributed by atoms with Crippen molar-refractivity contribution < 1.29 is 13.5 Å². The molecule has 0 aliphatic heterocycles. The molecule has 1 saturated carbocycles. The maximum atomic E-state index is 12.1. The Morgan fingerprint density at radius 3 is 2.26 bits per heavy atom. The molecular weight excluding hydrogens is 248 g/mol. The van der Waals surface area contributed by atoms with Crippen LogP contribution < -0.4 is 4.74 Å². The molecule has 0 atom stereocenters. The third kappa shape index (κ3) is 2.70. The van der Waals surface area contributed by atoms with Crippen LogP contribution in [0.5, 0.6) is 5.75 Å². The van der Waals surface area contributed by atoms with Gasteiger partial charge in [0.05, 0.1) is 11.5 Å². The van der Waals surface area contributed by atoms with Gasteiger partial charge in [0.25, 0.3) is 0 Å². The summed E-state index contributed by atoms with van der Waals surface area (Å²) >= 11 is 0. The molecule has 2 rings (SSSR count). The number of alkyl halides is 2. The smallest absolute Gasteiger partial charge is 0.387 e. The minimum atomic E-state index is -2.81. The van der Waals surface area contributed by atoms with Gasteiger partial charge in [0.15, 0.2) is 0 Å². The fraction of sp³-hybridized carbons (Fsp3) is 0.533. The van der Waals surface area contributed by atoms with Gasteiger partial charge in [-0.25, -0.2) is 0 Å². The highest BCUT2D eigenvalue weighted by Gasteiger charge is 2.46. The molecule has 0 aromatic heterocycles. The molecule has 0 heterocycles. The highest BCUT2D eigenvalue weighted by molar-refractivity contribution is 5.39. The van der Waals surface area contributed by atoms with Gasteiger partial charge in [0.2, 0.25) is 0 Å². The zero-order valence-electron chi connectivity index (χ0n) is 11.1. The van der Waals surface area contributed by atoms with Gasteiger partial charge in [-0.2, -0.15) is 14.0 Å². The maximum Gasteiger partial charge on any atom is 0.387 e. The fourth-order valence-electron chi connectivity index (χ4n) is 2.65. The lowest BCUT2D eigenvalue weighted by molar-refractivity contribution is -0.0498. The summed E-state index contributed by atoms with van der Waals surface area (Å²) in [7, 11) is 0. The molecule has 102 valence electrons. The van der Waals surface area contributed by atoms with E-state index in [1.54, 1.807) is 12.1 Å². The Balaban J connectivity index is 2.11. The van der Waals surface area contributed by atoms with Crippen molar-refractivity contribution in [1.82, 2.24) is 0 Å². The Labute approximate surface area is 112 Å². The number of nitrogens with zero attached hydrogens (tertiary/aromatic N) is 1. The summed E-state index contributed by atoms with van der Waals surface area (Å²) in [4.78, 5) is 0. The van der Waals surface area contributed by atoms with Gasteiger partial charge < -0.3 is 4.74 Å². The Morgan fingerprint density at radius 2 is 1.84 bits per heavy atom. The van der Waals surface area contributed by atoms with Crippen LogP contribution in [-0.2, 0) is 5.41 Å². The van der Waals surface area contributed by atoms with E-state index in [2.05, 4.69) is 24.7 Å². The number of nitriles is 1. The van der Waals surface area contributed by atoms with Gasteiger partial charge in [-0.05, 0) is 42.4 Å². The Kier molecular flexibility index (Phi) is 3.75. The summed E-state index contributed by atoms with van der Waals surface area (Å²) in [6, 6.07) is 8.83. The van der Waals surface area contributed by atoms with Crippen molar-refractivity contribution in [2.75, 3.05) is 0 Å². The fourth-order valence-corrected chi connectivity index (χ4v) is 2.65. The zero-order valence-corrected chi connectivity index (χ0v) is 11.1. The van der Waals surface area contributed by atoms with Crippen molar-refractivity contribution in [2.45, 2.75) is 38.7 Å². The topological polar surface area (TPSA) is 33.0 Å². The number of benzene rings is 1. The predicted molar refractivity (Wildman–Crippen MR) is 67.9 cm³/mol. The second kappa shape index (κ2) is 5.16. The molecule has 0 N–H and O–H groups in total. The third-order valence-corrected chi connectivity index (χ3v) is 4.01. The van der Waals surface area contributed by atoms with Gasteiger partial charge in [0, 0.05) is 0 Å². The van der Waals surface area contributed by atoms with E-state index in [1.807, 2.05) is 0 Å². The number of hydrogen-bond donors (Lipinski definition) is 0. The summed E-state index contributed by atoms with van der Waals surface area (Å²) in [6.45, 7) is 1.50. The number of rotatable bonds is 4. The lowest BCUT2D eigenvalue weighted by Gasteiger charge is -2.45. The Bertz CT molecular complexity index is 470. The van der Waals surface area contributed by atoms with Crippen molar-refractivity contribution in [3.63, 3.8) is 0 Å². The van der Waals surface area contributed by atoms with Gasteiger partial charge in [-0.1, -0.05) is 26.0 Å². The normalized spacial score (nSPS) is 26.1. The molecule has 1 aromatic carbocycles. The van der Waals surface area contributed by atoms with Crippen molar-refractivity contribution in [3.8, 4) is 11.8 Å². The largest absolute Gasteiger partial charge is 0.435 e. The lowest BCUT2D eigenvalue weighted by Crippen LogP contribution is -2.42. The predicted octanol–water partition coefficient (Wildman–Crippen LogP) is 4.12. The van der Waals surface area contributed by atoms with Crippen molar-refractivity contribution in [3.05, 3.63) is 29.8 Å². The average Bonchev–Trinajstić information content (AvgIpc) is 2.29. The molecule has 1 aliphatic rings. The van der Waals surface area contributed by atoms with Crippen LogP contribution in [0, 0.1) is 23.2 Å². The SMILES string of the molecule is CC(C)C1CC(C#N)(c2ccc(OC(F)F)cc2)C1. The molecule has 0 bridgehead atoms. The Hall–Kier alpha value is -1.63. The van der Waals surface area contributed by atoms with E-state index in [0.29, 0.717) is 11.8 Å². The molecule has 4 heteroatoms. The zero-order chi connectivity index (χ0) is 14.0. The van der Waals surface area contributed by atoms with Crippen molar-refractivity contribution in [2.24, 2.45) is 11.8 Å². The van der Waals surface area contributed by atoms with E-state index in [-0.39, 0.29) is 5.75 Å². The van der Waals surface area contributed by atoms with E-state index in [1.165, 1.54) is 12.1 Å². The minimum absolute atomic E-state index is 0.131. The van der Waals surface area contributed by atoms with E-state index in [0.717, 1.165) is 18.4 Å². The molecule has 1 aromatic rings. The number of halogens is 2. The minimum Gasteiger partial charge on any atom is -0.435 e. The second-order valence-corrected chi connectivity index (χ2v) is 5.51. The summed E-state index contributed by atoms with van der Waals surface area (Å²) in [5.41, 5.74) is 0.451. The van der Waals surface area contributed by atoms with Crippen LogP contribution in [0.3, 0.4) is 0 Å². The van der Waals surface area contributed by atoms with Crippen LogP contribution in [0.25, 0.3) is 0 Å². The van der Waals surface area contributed by atoms with Crippen LogP contribution in [0.1, 0.15) is 32.3 Å². The van der Waals surface area contributed by atoms with E-state index < -0.39 is 12.0 Å². The molecule has 19 heavy (non-hydrogen) atoms. The van der Waals surface area contributed by atoms with Crippen LogP contribution in [0.2, 0.25) is 0 Å². The van der Waals surface area contributed by atoms with Crippen molar-refractivity contribution in [1.29, 1.82) is 5.26 Å². The molecule has 0 amide bonds.